The van der Waals surface area contributed by atoms with Crippen molar-refractivity contribution >= 4 is 15.9 Å². The Morgan fingerprint density at radius 1 is 1.45 bits per heavy atom. The summed E-state index contributed by atoms with van der Waals surface area (Å²) in [5.74, 6) is -0.434. The van der Waals surface area contributed by atoms with Crippen LogP contribution in [-0.2, 0) is 21.2 Å². The number of hydrogen-bond acceptors (Lipinski definition) is 3. The van der Waals surface area contributed by atoms with Gasteiger partial charge in [-0.2, -0.15) is 0 Å². The molecular weight excluding hydrogens is 307 g/mol. The molecule has 2 atom stereocenters. The fourth-order valence-electron chi connectivity index (χ4n) is 3.02. The van der Waals surface area contributed by atoms with Gasteiger partial charge in [-0.3, -0.25) is 4.79 Å². The molecule has 22 heavy (non-hydrogen) atoms. The van der Waals surface area contributed by atoms with Gasteiger partial charge < -0.3 is 4.90 Å². The highest BCUT2D eigenvalue weighted by molar-refractivity contribution is 7.88. The number of amides is 1. The van der Waals surface area contributed by atoms with Crippen LogP contribution < -0.4 is 4.72 Å². The zero-order chi connectivity index (χ0) is 16.3. The second kappa shape index (κ2) is 6.75. The van der Waals surface area contributed by atoms with Crippen molar-refractivity contribution in [2.75, 3.05) is 12.8 Å². The van der Waals surface area contributed by atoms with Crippen LogP contribution in [-0.4, -0.2) is 44.1 Å². The van der Waals surface area contributed by atoms with Gasteiger partial charge in [0.2, 0.25) is 15.9 Å². The van der Waals surface area contributed by atoms with E-state index in [-0.39, 0.29) is 23.8 Å². The van der Waals surface area contributed by atoms with Crippen molar-refractivity contribution in [3.63, 3.8) is 0 Å². The van der Waals surface area contributed by atoms with E-state index < -0.39 is 10.0 Å². The number of rotatable bonds is 4. The lowest BCUT2D eigenvalue weighted by Gasteiger charge is -2.41. The first-order valence-electron chi connectivity index (χ1n) is 7.25. The van der Waals surface area contributed by atoms with Gasteiger partial charge in [-0.05, 0) is 37.0 Å². The number of carbonyl (C=O) groups is 1. The van der Waals surface area contributed by atoms with Crippen LogP contribution in [0.15, 0.2) is 24.3 Å². The van der Waals surface area contributed by atoms with Crippen molar-refractivity contribution in [3.8, 4) is 0 Å². The summed E-state index contributed by atoms with van der Waals surface area (Å²) in [6.45, 7) is 2.07. The smallest absolute Gasteiger partial charge is 0.219 e. The van der Waals surface area contributed by atoms with E-state index in [0.29, 0.717) is 19.4 Å². The first kappa shape index (κ1) is 16.9. The molecule has 2 rings (SSSR count). The van der Waals surface area contributed by atoms with Gasteiger partial charge in [0, 0.05) is 19.5 Å². The Morgan fingerprint density at radius 3 is 2.77 bits per heavy atom. The number of nitrogens with one attached hydrogen (secondary N) is 1. The van der Waals surface area contributed by atoms with Gasteiger partial charge in [0.25, 0.3) is 0 Å². The monoisotopic (exact) mass is 328 g/mol. The van der Waals surface area contributed by atoms with E-state index in [1.165, 1.54) is 19.1 Å². The normalized spacial score (nSPS) is 22.6. The van der Waals surface area contributed by atoms with E-state index in [9.17, 15) is 17.6 Å². The summed E-state index contributed by atoms with van der Waals surface area (Å²) in [7, 11) is -3.37. The molecule has 0 aromatic heterocycles. The third kappa shape index (κ3) is 4.51. The van der Waals surface area contributed by atoms with Crippen molar-refractivity contribution in [1.82, 2.24) is 9.62 Å². The molecule has 0 spiro atoms. The minimum absolute atomic E-state index is 0.0959. The van der Waals surface area contributed by atoms with Crippen LogP contribution in [0.2, 0.25) is 0 Å². The highest BCUT2D eigenvalue weighted by Crippen LogP contribution is 2.22. The van der Waals surface area contributed by atoms with Crippen LogP contribution >= 0.6 is 0 Å². The Morgan fingerprint density at radius 2 is 2.18 bits per heavy atom. The number of halogens is 1. The van der Waals surface area contributed by atoms with Crippen molar-refractivity contribution in [2.45, 2.75) is 38.3 Å². The number of likely N-dealkylation sites (tertiary alicyclic amines) is 1. The average molecular weight is 328 g/mol. The van der Waals surface area contributed by atoms with Gasteiger partial charge in [0.1, 0.15) is 5.82 Å². The summed E-state index contributed by atoms with van der Waals surface area (Å²) in [6.07, 6.45) is 2.94. The second-order valence-electron chi connectivity index (χ2n) is 5.75. The first-order valence-corrected chi connectivity index (χ1v) is 9.14. The van der Waals surface area contributed by atoms with Gasteiger partial charge in [-0.15, -0.1) is 0 Å². The summed E-state index contributed by atoms with van der Waals surface area (Å²) in [5, 5.41) is 0. The summed E-state index contributed by atoms with van der Waals surface area (Å²) >= 11 is 0. The molecular formula is C15H21FN2O3S. The fraction of sp³-hybridized carbons (Fsp3) is 0.533. The molecule has 0 aliphatic carbocycles. The molecule has 5 nitrogen and oxygen atoms in total. The van der Waals surface area contributed by atoms with Crippen LogP contribution in [0, 0.1) is 5.82 Å². The molecule has 7 heteroatoms. The molecule has 1 saturated heterocycles. The lowest BCUT2D eigenvalue weighted by Crippen LogP contribution is -2.57. The van der Waals surface area contributed by atoms with Gasteiger partial charge >= 0.3 is 0 Å². The number of sulfonamides is 1. The van der Waals surface area contributed by atoms with E-state index in [1.807, 2.05) is 0 Å². The van der Waals surface area contributed by atoms with Gasteiger partial charge in [-0.1, -0.05) is 12.1 Å². The van der Waals surface area contributed by atoms with Crippen molar-refractivity contribution in [2.24, 2.45) is 0 Å². The second-order valence-corrected chi connectivity index (χ2v) is 7.53. The lowest BCUT2D eigenvalue weighted by molar-refractivity contribution is -0.133. The zero-order valence-electron chi connectivity index (χ0n) is 12.8. The maximum Gasteiger partial charge on any atom is 0.219 e. The predicted octanol–water partition coefficient (Wildman–Crippen LogP) is 1.30. The summed E-state index contributed by atoms with van der Waals surface area (Å²) in [6, 6.07) is 5.53. The van der Waals surface area contributed by atoms with Gasteiger partial charge in [0.15, 0.2) is 0 Å². The minimum Gasteiger partial charge on any atom is -0.338 e. The predicted molar refractivity (Wildman–Crippen MR) is 82.3 cm³/mol. The van der Waals surface area contributed by atoms with E-state index in [4.69, 9.17) is 0 Å². The third-order valence-electron chi connectivity index (χ3n) is 3.88. The third-order valence-corrected chi connectivity index (χ3v) is 4.61. The van der Waals surface area contributed by atoms with Gasteiger partial charge in [0.05, 0.1) is 12.3 Å². The minimum atomic E-state index is -3.37. The summed E-state index contributed by atoms with van der Waals surface area (Å²) in [5.41, 5.74) is 0.749. The number of benzene rings is 1. The Labute approximate surface area is 130 Å². The van der Waals surface area contributed by atoms with Crippen molar-refractivity contribution in [3.05, 3.63) is 35.6 Å². The topological polar surface area (TPSA) is 66.5 Å². The Kier molecular flexibility index (Phi) is 5.18. The Balaban J connectivity index is 2.26. The number of carbonyl (C=O) groups excluding carboxylic acids is 1. The van der Waals surface area contributed by atoms with E-state index >= 15 is 0 Å². The van der Waals surface area contributed by atoms with Crippen LogP contribution in [0.25, 0.3) is 0 Å². The average Bonchev–Trinajstić information content (AvgIpc) is 2.39. The van der Waals surface area contributed by atoms with Crippen molar-refractivity contribution in [1.29, 1.82) is 0 Å². The Hall–Kier alpha value is -1.47. The van der Waals surface area contributed by atoms with E-state index in [2.05, 4.69) is 4.72 Å². The molecule has 1 fully saturated rings. The summed E-state index contributed by atoms with van der Waals surface area (Å²) < 4.78 is 39.1. The molecule has 0 bridgehead atoms. The maximum absolute atomic E-state index is 13.4. The highest BCUT2D eigenvalue weighted by atomic mass is 32.2. The molecule has 1 aliphatic rings. The SMILES string of the molecule is CC(=O)N1CCC[C@H](NS(C)(=O)=O)[C@@H]1Cc1cccc(F)c1. The van der Waals surface area contributed by atoms with E-state index in [1.54, 1.807) is 17.0 Å². The zero-order valence-corrected chi connectivity index (χ0v) is 13.6. The quantitative estimate of drug-likeness (QED) is 0.906. The molecule has 0 saturated carbocycles. The number of hydrogen-bond donors (Lipinski definition) is 1. The fourth-order valence-corrected chi connectivity index (χ4v) is 3.84. The maximum atomic E-state index is 13.4. The highest BCUT2D eigenvalue weighted by Gasteiger charge is 2.34. The van der Waals surface area contributed by atoms with Gasteiger partial charge in [-0.25, -0.2) is 17.5 Å². The number of piperidine rings is 1. The molecule has 1 heterocycles. The standard InChI is InChI=1S/C15H21FN2O3S/c1-11(19)18-8-4-7-14(17-22(2,20)21)15(18)10-12-5-3-6-13(16)9-12/h3,5-6,9,14-15,17H,4,7-8,10H2,1-2H3/t14-,15-/m0/s1. The summed E-state index contributed by atoms with van der Waals surface area (Å²) in [4.78, 5) is 13.5. The molecule has 0 radical (unpaired) electrons. The number of nitrogens with zero attached hydrogens (tertiary/aromatic N) is 1. The first-order chi connectivity index (χ1) is 10.3. The van der Waals surface area contributed by atoms with Crippen LogP contribution in [0.5, 0.6) is 0 Å². The Bertz CT molecular complexity index is 648. The molecule has 1 N–H and O–H groups in total. The molecule has 122 valence electrons. The largest absolute Gasteiger partial charge is 0.338 e. The molecule has 1 aliphatic heterocycles. The van der Waals surface area contributed by atoms with Crippen LogP contribution in [0.4, 0.5) is 4.39 Å². The van der Waals surface area contributed by atoms with Crippen LogP contribution in [0.1, 0.15) is 25.3 Å². The van der Waals surface area contributed by atoms with Crippen molar-refractivity contribution < 1.29 is 17.6 Å². The molecule has 1 amide bonds. The lowest BCUT2D eigenvalue weighted by atomic mass is 9.91. The van der Waals surface area contributed by atoms with Crippen LogP contribution in [0.3, 0.4) is 0 Å². The molecule has 1 aromatic rings. The molecule has 0 unspecified atom stereocenters. The van der Waals surface area contributed by atoms with E-state index in [0.717, 1.165) is 18.2 Å². The molecule has 1 aromatic carbocycles.